The smallest absolute Gasteiger partial charge is 0.243 e. The molecule has 2 aromatic rings. The lowest BCUT2D eigenvalue weighted by molar-refractivity contribution is -0.124. The van der Waals surface area contributed by atoms with E-state index in [1.54, 1.807) is 24.3 Å². The van der Waals surface area contributed by atoms with Crippen LogP contribution in [0, 0.1) is 0 Å². The first-order valence-corrected chi connectivity index (χ1v) is 8.55. The predicted molar refractivity (Wildman–Crippen MR) is 84.2 cm³/mol. The van der Waals surface area contributed by atoms with E-state index < -0.39 is 10.0 Å². The number of carbonyl (C=O) groups excluding carboxylic acids is 1. The summed E-state index contributed by atoms with van der Waals surface area (Å²) in [6.45, 7) is 2.21. The van der Waals surface area contributed by atoms with Gasteiger partial charge in [-0.25, -0.2) is 13.6 Å². The van der Waals surface area contributed by atoms with Gasteiger partial charge in [-0.3, -0.25) is 4.79 Å². The highest BCUT2D eigenvalue weighted by atomic mass is 32.2. The van der Waals surface area contributed by atoms with Crippen molar-refractivity contribution in [1.29, 1.82) is 0 Å². The minimum absolute atomic E-state index is 0.0789. The maximum atomic E-state index is 12.0. The van der Waals surface area contributed by atoms with Crippen molar-refractivity contribution in [1.82, 2.24) is 9.88 Å². The summed E-state index contributed by atoms with van der Waals surface area (Å²) in [4.78, 5) is 12.0. The third-order valence-corrected chi connectivity index (χ3v) is 4.05. The van der Waals surface area contributed by atoms with Crippen LogP contribution in [0.1, 0.15) is 24.1 Å². The molecule has 0 fully saturated rings. The zero-order valence-corrected chi connectivity index (χ0v) is 13.1. The number of hydrogen-bond donors (Lipinski definition) is 2. The van der Waals surface area contributed by atoms with Crippen molar-refractivity contribution in [2.24, 2.45) is 5.14 Å². The first-order chi connectivity index (χ1) is 10.3. The van der Waals surface area contributed by atoms with Crippen LogP contribution in [0.5, 0.6) is 0 Å². The number of aromatic nitrogens is 1. The van der Waals surface area contributed by atoms with Crippen molar-refractivity contribution in [2.45, 2.75) is 25.3 Å². The van der Waals surface area contributed by atoms with Crippen molar-refractivity contribution in [3.05, 3.63) is 59.9 Å². The molecule has 2 rings (SSSR count). The summed E-state index contributed by atoms with van der Waals surface area (Å²) in [6, 6.07) is 10.4. The Labute approximate surface area is 130 Å². The molecule has 1 unspecified atom stereocenters. The Morgan fingerprint density at radius 1 is 1.18 bits per heavy atom. The molecule has 1 atom stereocenters. The molecule has 3 N–H and O–H groups in total. The third-order valence-electron chi connectivity index (χ3n) is 3.31. The Morgan fingerprint density at radius 2 is 1.73 bits per heavy atom. The van der Waals surface area contributed by atoms with Crippen LogP contribution in [-0.2, 0) is 27.1 Å². The van der Waals surface area contributed by atoms with Crippen molar-refractivity contribution < 1.29 is 13.2 Å². The van der Waals surface area contributed by atoms with Gasteiger partial charge in [0.2, 0.25) is 15.9 Å². The van der Waals surface area contributed by atoms with Crippen LogP contribution in [0.4, 0.5) is 0 Å². The summed E-state index contributed by atoms with van der Waals surface area (Å²) in [7, 11) is -3.52. The van der Waals surface area contributed by atoms with E-state index in [1.165, 1.54) is 0 Å². The maximum absolute atomic E-state index is 12.0. The number of hydrogen-bond acceptors (Lipinski definition) is 3. The van der Waals surface area contributed by atoms with Crippen molar-refractivity contribution in [2.75, 3.05) is 0 Å². The molecular weight excluding hydrogens is 302 g/mol. The topological polar surface area (TPSA) is 94.2 Å². The fourth-order valence-corrected chi connectivity index (χ4v) is 2.72. The van der Waals surface area contributed by atoms with Crippen LogP contribution < -0.4 is 10.5 Å². The van der Waals surface area contributed by atoms with Gasteiger partial charge < -0.3 is 9.88 Å². The number of nitrogens with one attached hydrogen (secondary N) is 1. The van der Waals surface area contributed by atoms with E-state index in [-0.39, 0.29) is 17.7 Å². The zero-order chi connectivity index (χ0) is 16.2. The number of primary sulfonamides is 1. The van der Waals surface area contributed by atoms with Crippen LogP contribution in [0.2, 0.25) is 0 Å². The first-order valence-electron chi connectivity index (χ1n) is 6.83. The minimum Gasteiger partial charge on any atom is -0.350 e. The highest BCUT2D eigenvalue weighted by molar-refractivity contribution is 7.88. The van der Waals surface area contributed by atoms with Crippen molar-refractivity contribution >= 4 is 15.9 Å². The summed E-state index contributed by atoms with van der Waals surface area (Å²) in [5.74, 6) is -0.269. The average molecular weight is 321 g/mol. The number of carbonyl (C=O) groups is 1. The molecule has 0 spiro atoms. The molecule has 1 aromatic carbocycles. The molecule has 0 aliphatic heterocycles. The molecule has 118 valence electrons. The molecule has 0 bridgehead atoms. The standard InChI is InChI=1S/C15H19N3O3S/c1-12(18-8-2-3-9-18)15(19)17-10-13-4-6-14(7-5-13)11-22(16,20)21/h2-9,12H,10-11H2,1H3,(H,17,19)(H2,16,20,21). The summed E-state index contributed by atoms with van der Waals surface area (Å²) < 4.78 is 23.8. The van der Waals surface area contributed by atoms with Crippen LogP contribution in [0.25, 0.3) is 0 Å². The van der Waals surface area contributed by atoms with Gasteiger partial charge >= 0.3 is 0 Å². The normalized spacial score (nSPS) is 12.8. The lowest BCUT2D eigenvalue weighted by Gasteiger charge is -2.14. The molecule has 6 nitrogen and oxygen atoms in total. The number of rotatable bonds is 6. The first kappa shape index (κ1) is 16.3. The summed E-state index contributed by atoms with van der Waals surface area (Å²) in [6.07, 6.45) is 3.68. The van der Waals surface area contributed by atoms with Crippen molar-refractivity contribution in [3.8, 4) is 0 Å². The van der Waals surface area contributed by atoms with E-state index in [9.17, 15) is 13.2 Å². The van der Waals surface area contributed by atoms with Gasteiger partial charge in [0.15, 0.2) is 0 Å². The molecular formula is C15H19N3O3S. The molecule has 0 aliphatic carbocycles. The molecule has 22 heavy (non-hydrogen) atoms. The maximum Gasteiger partial charge on any atom is 0.243 e. The van der Waals surface area contributed by atoms with Gasteiger partial charge in [-0.05, 0) is 30.2 Å². The Bertz CT molecular complexity index is 722. The zero-order valence-electron chi connectivity index (χ0n) is 12.3. The van der Waals surface area contributed by atoms with E-state index in [4.69, 9.17) is 5.14 Å². The quantitative estimate of drug-likeness (QED) is 0.835. The van der Waals surface area contributed by atoms with Gasteiger partial charge in [0.1, 0.15) is 6.04 Å². The number of nitrogens with two attached hydrogens (primary N) is 1. The second-order valence-electron chi connectivity index (χ2n) is 5.15. The second-order valence-corrected chi connectivity index (χ2v) is 6.76. The van der Waals surface area contributed by atoms with E-state index in [2.05, 4.69) is 5.32 Å². The lowest BCUT2D eigenvalue weighted by atomic mass is 10.1. The van der Waals surface area contributed by atoms with E-state index in [0.29, 0.717) is 12.1 Å². The largest absolute Gasteiger partial charge is 0.350 e. The van der Waals surface area contributed by atoms with Crippen LogP contribution in [0.3, 0.4) is 0 Å². The number of sulfonamides is 1. The highest BCUT2D eigenvalue weighted by Crippen LogP contribution is 2.09. The SMILES string of the molecule is CC(C(=O)NCc1ccc(CS(N)(=O)=O)cc1)n1cccc1. The molecule has 1 aromatic heterocycles. The fourth-order valence-electron chi connectivity index (χ4n) is 2.06. The Morgan fingerprint density at radius 3 is 2.27 bits per heavy atom. The van der Waals surface area contributed by atoms with Gasteiger partial charge in [0.25, 0.3) is 0 Å². The van der Waals surface area contributed by atoms with Gasteiger partial charge in [-0.1, -0.05) is 24.3 Å². The van der Waals surface area contributed by atoms with Crippen LogP contribution in [-0.4, -0.2) is 18.9 Å². The van der Waals surface area contributed by atoms with Crippen LogP contribution >= 0.6 is 0 Å². The van der Waals surface area contributed by atoms with E-state index in [0.717, 1.165) is 5.56 Å². The molecule has 7 heteroatoms. The number of nitrogens with zero attached hydrogens (tertiary/aromatic N) is 1. The summed E-state index contributed by atoms with van der Waals surface area (Å²) in [5, 5.41) is 7.85. The molecule has 0 saturated heterocycles. The third kappa shape index (κ3) is 4.71. The Hall–Kier alpha value is -2.12. The minimum atomic E-state index is -3.52. The predicted octanol–water partition coefficient (Wildman–Crippen LogP) is 1.15. The van der Waals surface area contributed by atoms with Gasteiger partial charge in [0.05, 0.1) is 5.75 Å². The number of amides is 1. The van der Waals surface area contributed by atoms with Gasteiger partial charge in [-0.2, -0.15) is 0 Å². The fraction of sp³-hybridized carbons (Fsp3) is 0.267. The number of benzene rings is 1. The second kappa shape index (κ2) is 6.76. The Kier molecular flexibility index (Phi) is 4.99. The van der Waals surface area contributed by atoms with Crippen LogP contribution in [0.15, 0.2) is 48.8 Å². The summed E-state index contributed by atoms with van der Waals surface area (Å²) in [5.41, 5.74) is 1.52. The molecule has 0 aliphatic rings. The Balaban J connectivity index is 1.90. The molecule has 1 heterocycles. The summed E-state index contributed by atoms with van der Waals surface area (Å²) >= 11 is 0. The van der Waals surface area contributed by atoms with E-state index in [1.807, 2.05) is 36.0 Å². The highest BCUT2D eigenvalue weighted by Gasteiger charge is 2.13. The monoisotopic (exact) mass is 321 g/mol. The average Bonchev–Trinajstić information content (AvgIpc) is 2.98. The molecule has 0 saturated carbocycles. The van der Waals surface area contributed by atoms with Gasteiger partial charge in [0, 0.05) is 18.9 Å². The lowest BCUT2D eigenvalue weighted by Crippen LogP contribution is -2.30. The van der Waals surface area contributed by atoms with Gasteiger partial charge in [-0.15, -0.1) is 0 Å². The van der Waals surface area contributed by atoms with E-state index >= 15 is 0 Å². The van der Waals surface area contributed by atoms with Crippen molar-refractivity contribution in [3.63, 3.8) is 0 Å². The molecule has 0 radical (unpaired) electrons. The molecule has 1 amide bonds.